The average Bonchev–Trinajstić information content (AvgIpc) is 2.87. The molecule has 3 rings (SSSR count). The smallest absolute Gasteiger partial charge is 0.260 e. The molecule has 1 amide bonds. The second-order valence-corrected chi connectivity index (χ2v) is 5.60. The zero-order valence-corrected chi connectivity index (χ0v) is 12.8. The van der Waals surface area contributed by atoms with Gasteiger partial charge >= 0.3 is 0 Å². The Morgan fingerprint density at radius 1 is 1.30 bits per heavy atom. The maximum atomic E-state index is 14.0. The minimum absolute atomic E-state index is 0.00419. The number of methoxy groups -OCH3 is 1. The molecule has 0 aliphatic rings. The number of hydrogen-bond acceptors (Lipinski definition) is 6. The van der Waals surface area contributed by atoms with Crippen molar-refractivity contribution in [2.45, 2.75) is 0 Å². The summed E-state index contributed by atoms with van der Waals surface area (Å²) in [6, 6.07) is 5.76. The standard InChI is InChI=1S/C15H12FN3O3S/c1-21-7-2-3-9(8(16)6-7)22-10-4-5-19-15-11(10)12(17)13(23-15)14(18)20/h2-6H,17H2,1H3,(H2,18,20). The van der Waals surface area contributed by atoms with Crippen LogP contribution in [0.25, 0.3) is 10.2 Å². The maximum absolute atomic E-state index is 14.0. The molecule has 6 nitrogen and oxygen atoms in total. The number of nitrogens with zero attached hydrogens (tertiary/aromatic N) is 1. The number of anilines is 1. The van der Waals surface area contributed by atoms with Crippen LogP contribution >= 0.6 is 11.3 Å². The van der Waals surface area contributed by atoms with E-state index in [1.165, 1.54) is 25.4 Å². The van der Waals surface area contributed by atoms with Crippen LogP contribution in [-0.2, 0) is 0 Å². The summed E-state index contributed by atoms with van der Waals surface area (Å²) in [7, 11) is 1.44. The van der Waals surface area contributed by atoms with Crippen LogP contribution in [-0.4, -0.2) is 18.0 Å². The summed E-state index contributed by atoms with van der Waals surface area (Å²) in [6.45, 7) is 0. The molecule has 1 aromatic carbocycles. The van der Waals surface area contributed by atoms with Crippen LogP contribution in [0.1, 0.15) is 9.67 Å². The number of carbonyl (C=O) groups is 1. The van der Waals surface area contributed by atoms with Crippen molar-refractivity contribution in [2.24, 2.45) is 5.73 Å². The average molecular weight is 333 g/mol. The highest BCUT2D eigenvalue weighted by Gasteiger charge is 2.19. The largest absolute Gasteiger partial charge is 0.497 e. The monoisotopic (exact) mass is 333 g/mol. The number of nitrogen functional groups attached to an aromatic ring is 1. The van der Waals surface area contributed by atoms with E-state index in [-0.39, 0.29) is 16.3 Å². The van der Waals surface area contributed by atoms with Crippen molar-refractivity contribution in [3.8, 4) is 17.2 Å². The van der Waals surface area contributed by atoms with E-state index in [2.05, 4.69) is 4.98 Å². The number of primary amides is 1. The predicted molar refractivity (Wildman–Crippen MR) is 85.6 cm³/mol. The van der Waals surface area contributed by atoms with Crippen LogP contribution in [0.3, 0.4) is 0 Å². The van der Waals surface area contributed by atoms with Gasteiger partial charge in [-0.2, -0.15) is 0 Å². The summed E-state index contributed by atoms with van der Waals surface area (Å²) in [5.41, 5.74) is 11.4. The van der Waals surface area contributed by atoms with Crippen LogP contribution in [0.4, 0.5) is 10.1 Å². The normalized spacial score (nSPS) is 10.7. The molecular weight excluding hydrogens is 321 g/mol. The SMILES string of the molecule is COc1ccc(Oc2ccnc3sc(C(N)=O)c(N)c23)c(F)c1. The summed E-state index contributed by atoms with van der Waals surface area (Å²) < 4.78 is 24.6. The van der Waals surface area contributed by atoms with Gasteiger partial charge in [0.05, 0.1) is 18.2 Å². The first kappa shape index (κ1) is 15.0. The summed E-state index contributed by atoms with van der Waals surface area (Å²) in [6.07, 6.45) is 1.49. The summed E-state index contributed by atoms with van der Waals surface area (Å²) in [4.78, 5) is 16.2. The van der Waals surface area contributed by atoms with E-state index in [0.717, 1.165) is 11.3 Å². The van der Waals surface area contributed by atoms with Crippen LogP contribution in [0.2, 0.25) is 0 Å². The number of ether oxygens (including phenoxy) is 2. The van der Waals surface area contributed by atoms with Crippen LogP contribution in [0.5, 0.6) is 17.2 Å². The van der Waals surface area contributed by atoms with Crippen molar-refractivity contribution in [3.05, 3.63) is 41.2 Å². The first-order chi connectivity index (χ1) is 11.0. The second-order valence-electron chi connectivity index (χ2n) is 4.60. The van der Waals surface area contributed by atoms with E-state index in [1.807, 2.05) is 0 Å². The molecule has 0 aliphatic carbocycles. The molecular formula is C15H12FN3O3S. The number of amides is 1. The molecule has 0 atom stereocenters. The number of halogens is 1. The van der Waals surface area contributed by atoms with E-state index in [4.69, 9.17) is 20.9 Å². The lowest BCUT2D eigenvalue weighted by atomic mass is 10.2. The Morgan fingerprint density at radius 3 is 2.74 bits per heavy atom. The third kappa shape index (κ3) is 2.64. The van der Waals surface area contributed by atoms with Crippen molar-refractivity contribution in [1.29, 1.82) is 0 Å². The Hall–Kier alpha value is -2.87. The number of hydrogen-bond donors (Lipinski definition) is 2. The minimum Gasteiger partial charge on any atom is -0.497 e. The fraction of sp³-hybridized carbons (Fsp3) is 0.0667. The van der Waals surface area contributed by atoms with Gasteiger partial charge in [0.25, 0.3) is 5.91 Å². The Labute approximate surface area is 134 Å². The number of rotatable bonds is 4. The van der Waals surface area contributed by atoms with Crippen molar-refractivity contribution in [1.82, 2.24) is 4.98 Å². The number of carbonyl (C=O) groups excluding carboxylic acids is 1. The van der Waals surface area contributed by atoms with Crippen molar-refractivity contribution < 1.29 is 18.7 Å². The number of pyridine rings is 1. The quantitative estimate of drug-likeness (QED) is 0.764. The van der Waals surface area contributed by atoms with Crippen LogP contribution in [0.15, 0.2) is 30.5 Å². The van der Waals surface area contributed by atoms with Crippen molar-refractivity contribution >= 4 is 33.1 Å². The highest BCUT2D eigenvalue weighted by Crippen LogP contribution is 2.40. The molecule has 0 bridgehead atoms. The molecule has 4 N–H and O–H groups in total. The lowest BCUT2D eigenvalue weighted by Crippen LogP contribution is -2.10. The summed E-state index contributed by atoms with van der Waals surface area (Å²) in [5, 5.41) is 0.432. The van der Waals surface area contributed by atoms with Gasteiger partial charge in [-0.1, -0.05) is 0 Å². The lowest BCUT2D eigenvalue weighted by Gasteiger charge is -2.09. The first-order valence-corrected chi connectivity index (χ1v) is 7.31. The Balaban J connectivity index is 2.08. The molecule has 0 aliphatic heterocycles. The van der Waals surface area contributed by atoms with Gasteiger partial charge < -0.3 is 20.9 Å². The van der Waals surface area contributed by atoms with Crippen LogP contribution in [0, 0.1) is 5.82 Å². The number of aromatic nitrogens is 1. The molecule has 0 spiro atoms. The Kier molecular flexibility index (Phi) is 3.75. The third-order valence-electron chi connectivity index (χ3n) is 3.17. The third-order valence-corrected chi connectivity index (χ3v) is 4.30. The summed E-state index contributed by atoms with van der Waals surface area (Å²) in [5.74, 6) is -0.559. The molecule has 8 heteroatoms. The topological polar surface area (TPSA) is 100 Å². The van der Waals surface area contributed by atoms with E-state index in [9.17, 15) is 9.18 Å². The van der Waals surface area contributed by atoms with Gasteiger partial charge in [0.2, 0.25) is 0 Å². The predicted octanol–water partition coefficient (Wildman–Crippen LogP) is 2.92. The molecule has 2 heterocycles. The summed E-state index contributed by atoms with van der Waals surface area (Å²) >= 11 is 1.06. The molecule has 3 aromatic rings. The fourth-order valence-electron chi connectivity index (χ4n) is 2.09. The molecule has 23 heavy (non-hydrogen) atoms. The Morgan fingerprint density at radius 2 is 2.09 bits per heavy atom. The van der Waals surface area contributed by atoms with E-state index in [0.29, 0.717) is 21.7 Å². The number of thiophene rings is 1. The van der Waals surface area contributed by atoms with Crippen LogP contribution < -0.4 is 20.9 Å². The molecule has 0 unspecified atom stereocenters. The van der Waals surface area contributed by atoms with Gasteiger partial charge in [0.1, 0.15) is 21.2 Å². The minimum atomic E-state index is -0.646. The molecule has 118 valence electrons. The van der Waals surface area contributed by atoms with E-state index >= 15 is 0 Å². The highest BCUT2D eigenvalue weighted by atomic mass is 32.1. The van der Waals surface area contributed by atoms with Gasteiger partial charge in [-0.05, 0) is 18.2 Å². The first-order valence-electron chi connectivity index (χ1n) is 6.49. The Bertz CT molecular complexity index is 910. The highest BCUT2D eigenvalue weighted by molar-refractivity contribution is 7.21. The number of nitrogens with two attached hydrogens (primary N) is 2. The van der Waals surface area contributed by atoms with E-state index < -0.39 is 11.7 Å². The van der Waals surface area contributed by atoms with Gasteiger partial charge in [0, 0.05) is 12.3 Å². The molecule has 0 saturated heterocycles. The fourth-order valence-corrected chi connectivity index (χ4v) is 3.03. The van der Waals surface area contributed by atoms with Gasteiger partial charge in [-0.15, -0.1) is 11.3 Å². The van der Waals surface area contributed by atoms with Crippen molar-refractivity contribution in [2.75, 3.05) is 12.8 Å². The lowest BCUT2D eigenvalue weighted by molar-refractivity contribution is 0.100. The van der Waals surface area contributed by atoms with Gasteiger partial charge in [-0.3, -0.25) is 4.79 Å². The molecule has 2 aromatic heterocycles. The zero-order chi connectivity index (χ0) is 16.6. The van der Waals surface area contributed by atoms with E-state index in [1.54, 1.807) is 12.1 Å². The number of fused-ring (bicyclic) bond motifs is 1. The van der Waals surface area contributed by atoms with Crippen molar-refractivity contribution in [3.63, 3.8) is 0 Å². The number of benzene rings is 1. The molecule has 0 radical (unpaired) electrons. The van der Waals surface area contributed by atoms with Gasteiger partial charge in [0.15, 0.2) is 11.6 Å². The zero-order valence-electron chi connectivity index (χ0n) is 12.0. The second kappa shape index (κ2) is 5.73. The van der Waals surface area contributed by atoms with Gasteiger partial charge in [-0.25, -0.2) is 9.37 Å². The maximum Gasteiger partial charge on any atom is 0.260 e. The molecule has 0 saturated carbocycles. The molecule has 0 fully saturated rings.